The zero-order valence-corrected chi connectivity index (χ0v) is 10.9. The minimum absolute atomic E-state index is 0.339. The molecule has 0 aromatic carbocycles. The van der Waals surface area contributed by atoms with E-state index in [-0.39, 0.29) is 6.10 Å². The first-order valence-corrected chi connectivity index (χ1v) is 7.20. The highest BCUT2D eigenvalue weighted by molar-refractivity contribution is 7.33. The summed E-state index contributed by atoms with van der Waals surface area (Å²) in [6, 6.07) is 0. The summed E-state index contributed by atoms with van der Waals surface area (Å²) in [5.41, 5.74) is 10.9. The van der Waals surface area contributed by atoms with E-state index in [1.807, 2.05) is 6.92 Å². The van der Waals surface area contributed by atoms with E-state index in [9.17, 15) is 4.57 Å². The molecule has 16 heavy (non-hydrogen) atoms. The molecule has 0 aromatic rings. The molecule has 2 atom stereocenters. The van der Waals surface area contributed by atoms with Crippen molar-refractivity contribution in [3.63, 3.8) is 0 Å². The largest absolute Gasteiger partial charge is 0.319 e. The molecule has 6 heteroatoms. The van der Waals surface area contributed by atoms with E-state index < -0.39 is 13.9 Å². The van der Waals surface area contributed by atoms with Crippen molar-refractivity contribution in [2.45, 2.75) is 57.2 Å². The molecule has 5 nitrogen and oxygen atoms in total. The minimum Gasteiger partial charge on any atom is -0.311 e. The van der Waals surface area contributed by atoms with Crippen molar-refractivity contribution in [1.82, 2.24) is 0 Å². The number of unbranched alkanes of at least 4 members (excludes halogenated alkanes) is 1. The van der Waals surface area contributed by atoms with E-state index in [1.165, 1.54) is 0 Å². The lowest BCUT2D eigenvalue weighted by Crippen LogP contribution is -2.60. The van der Waals surface area contributed by atoms with Gasteiger partial charge in [-0.15, -0.1) is 0 Å². The van der Waals surface area contributed by atoms with Crippen LogP contribution >= 0.6 is 8.25 Å². The third kappa shape index (κ3) is 4.52. The first-order valence-electron chi connectivity index (χ1n) is 5.97. The van der Waals surface area contributed by atoms with Gasteiger partial charge in [0.15, 0.2) is 0 Å². The molecular weight excluding hydrogens is 227 g/mol. The molecular formula is C10H23N2O3P. The highest BCUT2D eigenvalue weighted by Gasteiger charge is 2.35. The Bertz CT molecular complexity index is 236. The van der Waals surface area contributed by atoms with Crippen molar-refractivity contribution in [3.8, 4) is 0 Å². The van der Waals surface area contributed by atoms with Gasteiger partial charge < -0.3 is 20.5 Å². The summed E-state index contributed by atoms with van der Waals surface area (Å²) in [5.74, 6) is 0. The van der Waals surface area contributed by atoms with Crippen LogP contribution in [0.3, 0.4) is 0 Å². The summed E-state index contributed by atoms with van der Waals surface area (Å²) >= 11 is 0. The quantitative estimate of drug-likeness (QED) is 0.426. The van der Waals surface area contributed by atoms with Gasteiger partial charge in [-0.1, -0.05) is 26.2 Å². The first kappa shape index (κ1) is 14.1. The van der Waals surface area contributed by atoms with Gasteiger partial charge in [0.2, 0.25) is 0 Å². The van der Waals surface area contributed by atoms with Crippen LogP contribution in [0.5, 0.6) is 0 Å². The molecule has 0 heterocycles. The Labute approximate surface area is 97.8 Å². The topological polar surface area (TPSA) is 87.6 Å². The zero-order valence-electron chi connectivity index (χ0n) is 9.91. The van der Waals surface area contributed by atoms with Gasteiger partial charge in [0, 0.05) is 0 Å². The Morgan fingerprint density at radius 1 is 1.44 bits per heavy atom. The standard InChI is InChI=1S/C10H23N2O3P/c1-2-3-8-14-16(13)15-9-6-4-5-7-10(9,11)12/h9,16H,2-8,11-12H2,1H3. The molecule has 1 rings (SSSR count). The van der Waals surface area contributed by atoms with Gasteiger partial charge in [-0.2, -0.15) is 0 Å². The van der Waals surface area contributed by atoms with Gasteiger partial charge in [0.1, 0.15) is 0 Å². The average Bonchev–Trinajstić information content (AvgIpc) is 2.21. The highest BCUT2D eigenvalue weighted by atomic mass is 31.1. The molecule has 1 saturated carbocycles. The van der Waals surface area contributed by atoms with E-state index >= 15 is 0 Å². The van der Waals surface area contributed by atoms with E-state index in [0.717, 1.165) is 32.1 Å². The fourth-order valence-electron chi connectivity index (χ4n) is 1.81. The monoisotopic (exact) mass is 250 g/mol. The molecule has 0 radical (unpaired) electrons. The fourth-order valence-corrected chi connectivity index (χ4v) is 2.76. The summed E-state index contributed by atoms with van der Waals surface area (Å²) in [6.07, 6.45) is 5.06. The second kappa shape index (κ2) is 6.72. The Kier molecular flexibility index (Phi) is 5.94. The molecule has 2 unspecified atom stereocenters. The number of hydrogen-bond acceptors (Lipinski definition) is 5. The van der Waals surface area contributed by atoms with Gasteiger partial charge in [0.05, 0.1) is 18.4 Å². The van der Waals surface area contributed by atoms with Crippen molar-refractivity contribution in [2.24, 2.45) is 11.5 Å². The molecule has 0 aliphatic heterocycles. The van der Waals surface area contributed by atoms with Gasteiger partial charge in [-0.3, -0.25) is 4.57 Å². The average molecular weight is 250 g/mol. The molecule has 0 bridgehead atoms. The van der Waals surface area contributed by atoms with Gasteiger partial charge in [-0.25, -0.2) is 0 Å². The molecule has 0 aromatic heterocycles. The Morgan fingerprint density at radius 2 is 2.19 bits per heavy atom. The third-order valence-corrected chi connectivity index (χ3v) is 3.80. The third-order valence-electron chi connectivity index (χ3n) is 2.88. The molecule has 0 amide bonds. The fraction of sp³-hybridized carbons (Fsp3) is 1.00. The minimum atomic E-state index is -2.44. The summed E-state index contributed by atoms with van der Waals surface area (Å²) in [7, 11) is -2.44. The number of hydrogen-bond donors (Lipinski definition) is 2. The Balaban J connectivity index is 2.31. The van der Waals surface area contributed by atoms with Crippen molar-refractivity contribution in [3.05, 3.63) is 0 Å². The van der Waals surface area contributed by atoms with Crippen LogP contribution in [0.4, 0.5) is 0 Å². The Hall–Kier alpha value is 0.0700. The van der Waals surface area contributed by atoms with Crippen LogP contribution in [-0.4, -0.2) is 18.4 Å². The lowest BCUT2D eigenvalue weighted by Gasteiger charge is -2.37. The Morgan fingerprint density at radius 3 is 2.81 bits per heavy atom. The van der Waals surface area contributed by atoms with Crippen molar-refractivity contribution in [2.75, 3.05) is 6.61 Å². The van der Waals surface area contributed by atoms with Gasteiger partial charge in [0.25, 0.3) is 0 Å². The lowest BCUT2D eigenvalue weighted by atomic mass is 9.88. The second-order valence-corrected chi connectivity index (χ2v) is 5.44. The predicted octanol–water partition coefficient (Wildman–Crippen LogP) is 1.77. The molecule has 96 valence electrons. The van der Waals surface area contributed by atoms with Crippen LogP contribution in [-0.2, 0) is 13.6 Å². The summed E-state index contributed by atoms with van der Waals surface area (Å²) in [4.78, 5) is 0. The maximum atomic E-state index is 11.5. The molecule has 1 fully saturated rings. The van der Waals surface area contributed by atoms with Crippen LogP contribution in [0.15, 0.2) is 0 Å². The zero-order chi connectivity index (χ0) is 12.0. The molecule has 1 aliphatic rings. The molecule has 1 aliphatic carbocycles. The summed E-state index contributed by atoms with van der Waals surface area (Å²) in [6.45, 7) is 2.52. The maximum absolute atomic E-state index is 11.5. The first-order chi connectivity index (χ1) is 7.56. The summed E-state index contributed by atoms with van der Waals surface area (Å²) in [5, 5.41) is 0. The van der Waals surface area contributed by atoms with Crippen LogP contribution in [0, 0.1) is 0 Å². The smallest absolute Gasteiger partial charge is 0.311 e. The van der Waals surface area contributed by atoms with E-state index in [2.05, 4.69) is 0 Å². The van der Waals surface area contributed by atoms with Crippen LogP contribution in [0.25, 0.3) is 0 Å². The normalized spacial score (nSPS) is 26.6. The SMILES string of the molecule is CCCCO[PH](=O)OC1CCCCC1(N)N. The van der Waals surface area contributed by atoms with Crippen LogP contribution < -0.4 is 11.5 Å². The van der Waals surface area contributed by atoms with Crippen molar-refractivity contribution in [1.29, 1.82) is 0 Å². The van der Waals surface area contributed by atoms with E-state index in [4.69, 9.17) is 20.5 Å². The predicted molar refractivity (Wildman–Crippen MR) is 64.3 cm³/mol. The van der Waals surface area contributed by atoms with Crippen molar-refractivity contribution >= 4 is 8.25 Å². The molecule has 4 N–H and O–H groups in total. The van der Waals surface area contributed by atoms with E-state index in [0.29, 0.717) is 13.0 Å². The number of nitrogens with two attached hydrogens (primary N) is 2. The van der Waals surface area contributed by atoms with E-state index in [1.54, 1.807) is 0 Å². The lowest BCUT2D eigenvalue weighted by molar-refractivity contribution is 0.0610. The molecule has 0 spiro atoms. The number of rotatable bonds is 6. The second-order valence-electron chi connectivity index (χ2n) is 4.42. The van der Waals surface area contributed by atoms with Gasteiger partial charge >= 0.3 is 8.25 Å². The maximum Gasteiger partial charge on any atom is 0.319 e. The van der Waals surface area contributed by atoms with Gasteiger partial charge in [-0.05, 0) is 19.3 Å². The summed E-state index contributed by atoms with van der Waals surface area (Å²) < 4.78 is 21.9. The highest BCUT2D eigenvalue weighted by Crippen LogP contribution is 2.34. The van der Waals surface area contributed by atoms with Crippen LogP contribution in [0.1, 0.15) is 45.4 Å². The van der Waals surface area contributed by atoms with Crippen LogP contribution in [0.2, 0.25) is 0 Å². The molecule has 0 saturated heterocycles. The van der Waals surface area contributed by atoms with Crippen molar-refractivity contribution < 1.29 is 13.6 Å².